The van der Waals surface area contributed by atoms with Gasteiger partial charge in [0, 0.05) is 86.7 Å². The highest BCUT2D eigenvalue weighted by molar-refractivity contribution is 7.87. The SMILES string of the molecule is COCCOCCOCCC1(C)C(/C=C/C=C/C=C2/N(CCCCCC(=O)O)c3ccc4c(S(=O)(=O)[O-])cc(S(=O)(=O)[O-])cc4c3C2(C)CCOCCOCCOC)=[N+](CCCS(=O)(=O)O)c2ccc3c(S(=O)(=O)[O-])cc(S(=O)(=O)[O-])cc3c21. The molecule has 0 saturated heterocycles. The van der Waals surface area contributed by atoms with Gasteiger partial charge in [0.15, 0.2) is 5.71 Å². The summed E-state index contributed by atoms with van der Waals surface area (Å²) in [7, 11) is -23.0. The van der Waals surface area contributed by atoms with Crippen molar-refractivity contribution in [2.75, 3.05) is 104 Å². The maximum absolute atomic E-state index is 12.8. The van der Waals surface area contributed by atoms with Crippen LogP contribution >= 0.6 is 0 Å². The Kier molecular flexibility index (Phi) is 23.1. The van der Waals surface area contributed by atoms with Crippen molar-refractivity contribution in [1.82, 2.24) is 0 Å². The zero-order valence-corrected chi connectivity index (χ0v) is 50.6. The van der Waals surface area contributed by atoms with Gasteiger partial charge in [-0.25, -0.2) is 33.7 Å². The largest absolute Gasteiger partial charge is 0.744 e. The zero-order valence-electron chi connectivity index (χ0n) is 46.6. The standard InChI is InChI=1S/C54H70N2O23S5/c1-53(19-23-76-29-31-78-27-25-74-3)48(55(21-10-6-9-14-50(57)58)44-17-15-40-42(51(44)53)34-38(81(62,63)64)36-46(40)83(68,69)70)12-7-5-8-13-49-54(2,20-24-77-30-32-79-28-26-75-4)52-43-35-39(82(65,66)67)37-47(84(71,72)73)41(43)16-18-45(52)56(49)22-11-33-80(59,60)61/h5,7-8,12-13,15-18,34-37H,6,9-11,14,19-33H2,1-4H3,(H5-,57,58,59,60,61,62,63,64,65,66,67,68,69,70,71,72,73)/p-3. The van der Waals surface area contributed by atoms with Crippen LogP contribution in [0.2, 0.25) is 0 Å². The van der Waals surface area contributed by atoms with Crippen molar-refractivity contribution >= 4 is 95.2 Å². The van der Waals surface area contributed by atoms with E-state index in [1.807, 2.05) is 4.90 Å². The number of carboxylic acid groups (broad SMARTS) is 1. The number of anilines is 1. The molecule has 84 heavy (non-hydrogen) atoms. The van der Waals surface area contributed by atoms with E-state index in [9.17, 15) is 74.8 Å². The molecule has 0 amide bonds. The van der Waals surface area contributed by atoms with E-state index in [0.717, 1.165) is 12.1 Å². The zero-order chi connectivity index (χ0) is 61.9. The van der Waals surface area contributed by atoms with E-state index in [1.54, 1.807) is 54.9 Å². The molecule has 30 heteroatoms. The van der Waals surface area contributed by atoms with Gasteiger partial charge in [-0.1, -0.05) is 30.7 Å². The summed E-state index contributed by atoms with van der Waals surface area (Å²) in [5.41, 5.74) is -0.259. The second-order valence-corrected chi connectivity index (χ2v) is 27.2. The molecule has 0 aliphatic carbocycles. The van der Waals surface area contributed by atoms with Crippen LogP contribution in [0.25, 0.3) is 21.5 Å². The number of hydrogen-bond acceptors (Lipinski definition) is 22. The number of allylic oxidation sites excluding steroid dienone is 6. The van der Waals surface area contributed by atoms with Gasteiger partial charge in [-0.05, 0) is 104 Å². The molecular formula is C54H67N2O23S5-3. The van der Waals surface area contributed by atoms with E-state index < -0.39 is 92.7 Å². The Hall–Kier alpha value is -5.13. The fourth-order valence-electron chi connectivity index (χ4n) is 10.7. The van der Waals surface area contributed by atoms with E-state index in [2.05, 4.69) is 0 Å². The molecule has 0 bridgehead atoms. The second kappa shape index (κ2) is 28.6. The molecule has 25 nitrogen and oxygen atoms in total. The van der Waals surface area contributed by atoms with E-state index in [4.69, 9.17) is 28.4 Å². The Morgan fingerprint density at radius 2 is 1.08 bits per heavy atom. The van der Waals surface area contributed by atoms with Gasteiger partial charge < -0.3 is 56.6 Å². The van der Waals surface area contributed by atoms with E-state index in [0.29, 0.717) is 79.6 Å². The summed E-state index contributed by atoms with van der Waals surface area (Å²) in [5, 5.41) is 8.90. The van der Waals surface area contributed by atoms with Crippen molar-refractivity contribution in [2.45, 2.75) is 89.2 Å². The van der Waals surface area contributed by atoms with Crippen LogP contribution in [0.15, 0.2) is 104 Å². The molecule has 464 valence electrons. The Balaban J connectivity index is 1.55. The maximum Gasteiger partial charge on any atom is 0.303 e. The first-order chi connectivity index (χ1) is 39.4. The second-order valence-electron chi connectivity index (χ2n) is 20.2. The van der Waals surface area contributed by atoms with Gasteiger partial charge in [0.1, 0.15) is 47.0 Å². The Morgan fingerprint density at radius 1 is 0.583 bits per heavy atom. The number of methoxy groups -OCH3 is 2. The van der Waals surface area contributed by atoms with E-state index in [1.165, 1.54) is 32.4 Å². The molecule has 0 radical (unpaired) electrons. The minimum absolute atomic E-state index is 0.0145. The normalized spacial score (nSPS) is 18.4. The number of fused-ring (bicyclic) bond motifs is 6. The van der Waals surface area contributed by atoms with Gasteiger partial charge >= 0.3 is 5.97 Å². The maximum atomic E-state index is 12.8. The lowest BCUT2D eigenvalue weighted by Gasteiger charge is -2.31. The monoisotopic (exact) mass is 1270 g/mol. The van der Waals surface area contributed by atoms with Gasteiger partial charge in [0.05, 0.1) is 83.6 Å². The van der Waals surface area contributed by atoms with E-state index in [-0.39, 0.29) is 112 Å². The predicted octanol–water partition coefficient (Wildman–Crippen LogP) is 4.80. The highest BCUT2D eigenvalue weighted by Crippen LogP contribution is 2.54. The third-order valence-electron chi connectivity index (χ3n) is 14.5. The summed E-state index contributed by atoms with van der Waals surface area (Å²) in [6.45, 7) is 5.48. The number of nitrogens with zero attached hydrogens (tertiary/aromatic N) is 2. The van der Waals surface area contributed by atoms with Crippen LogP contribution in [-0.2, 0) is 94.6 Å². The fourth-order valence-corrected chi connectivity index (χ4v) is 13.8. The predicted molar refractivity (Wildman–Crippen MR) is 301 cm³/mol. The lowest BCUT2D eigenvalue weighted by Crippen LogP contribution is -2.33. The van der Waals surface area contributed by atoms with Crippen LogP contribution in [0, 0.1) is 0 Å². The minimum atomic E-state index is -5.42. The molecular weight excluding hydrogens is 1200 g/mol. The number of aliphatic carboxylic acids is 1. The quantitative estimate of drug-likeness (QED) is 0.0270. The fraction of sp³-hybridized carbons (Fsp3) is 0.481. The van der Waals surface area contributed by atoms with Crippen molar-refractivity contribution < 1.29 is 108 Å². The molecule has 2 heterocycles. The first-order valence-electron chi connectivity index (χ1n) is 26.4. The summed E-state index contributed by atoms with van der Waals surface area (Å²) in [4.78, 5) is 9.47. The highest BCUT2D eigenvalue weighted by atomic mass is 32.2. The van der Waals surface area contributed by atoms with Crippen molar-refractivity contribution in [3.05, 3.63) is 95.7 Å². The first kappa shape index (κ1) is 68.0. The van der Waals surface area contributed by atoms with Crippen LogP contribution in [0.3, 0.4) is 0 Å². The summed E-state index contributed by atoms with van der Waals surface area (Å²) in [6.07, 6.45) is 9.33. The van der Waals surface area contributed by atoms with Crippen LogP contribution in [0.1, 0.15) is 69.9 Å². The number of ether oxygens (including phenoxy) is 6. The Morgan fingerprint density at radius 3 is 1.58 bits per heavy atom. The topological polar surface area (TPSA) is 382 Å². The summed E-state index contributed by atoms with van der Waals surface area (Å²) in [5.74, 6) is -1.69. The number of benzene rings is 4. The molecule has 2 aliphatic heterocycles. The molecule has 4 aromatic rings. The van der Waals surface area contributed by atoms with Gasteiger partial charge in [-0.2, -0.15) is 13.0 Å². The number of carbonyl (C=O) groups is 1. The third-order valence-corrected chi connectivity index (χ3v) is 18.7. The molecule has 0 spiro atoms. The smallest absolute Gasteiger partial charge is 0.303 e. The number of hydrogen-bond donors (Lipinski definition) is 2. The lowest BCUT2D eigenvalue weighted by molar-refractivity contribution is -0.437. The number of unbranched alkanes of at least 4 members (excludes halogenated alkanes) is 2. The lowest BCUT2D eigenvalue weighted by atomic mass is 9.75. The molecule has 2 N–H and O–H groups in total. The van der Waals surface area contributed by atoms with Gasteiger partial charge in [0.25, 0.3) is 10.1 Å². The van der Waals surface area contributed by atoms with Crippen molar-refractivity contribution in [1.29, 1.82) is 0 Å². The van der Waals surface area contributed by atoms with Crippen molar-refractivity contribution in [3.8, 4) is 0 Å². The highest BCUT2D eigenvalue weighted by Gasteiger charge is 2.49. The third kappa shape index (κ3) is 16.9. The number of carboxylic acids is 1. The Labute approximate surface area is 489 Å². The molecule has 6 rings (SSSR count). The summed E-state index contributed by atoms with van der Waals surface area (Å²) in [6, 6.07) is 8.69. The minimum Gasteiger partial charge on any atom is -0.744 e. The molecule has 0 aromatic heterocycles. The molecule has 0 saturated carbocycles. The van der Waals surface area contributed by atoms with Gasteiger partial charge in [-0.3, -0.25) is 9.35 Å². The van der Waals surface area contributed by atoms with E-state index >= 15 is 0 Å². The Bertz CT molecular complexity index is 3790. The molecule has 2 aliphatic rings. The van der Waals surface area contributed by atoms with Gasteiger partial charge in [0.2, 0.25) is 5.69 Å². The molecule has 2 unspecified atom stereocenters. The van der Waals surface area contributed by atoms with Gasteiger partial charge in [-0.15, -0.1) is 0 Å². The molecule has 2 atom stereocenters. The average molecular weight is 1270 g/mol. The average Bonchev–Trinajstić information content (AvgIpc) is 1.62. The summed E-state index contributed by atoms with van der Waals surface area (Å²) >= 11 is 0. The van der Waals surface area contributed by atoms with Crippen LogP contribution in [-0.4, -0.2) is 185 Å². The first-order valence-corrected chi connectivity index (χ1v) is 33.6. The molecule has 0 fully saturated rings. The molecule has 4 aromatic carbocycles. The van der Waals surface area contributed by atoms with Crippen LogP contribution in [0.5, 0.6) is 0 Å². The van der Waals surface area contributed by atoms with Crippen molar-refractivity contribution in [3.63, 3.8) is 0 Å². The van der Waals surface area contributed by atoms with Crippen LogP contribution < -0.4 is 4.90 Å². The van der Waals surface area contributed by atoms with Crippen LogP contribution in [0.4, 0.5) is 11.4 Å². The number of rotatable bonds is 35. The summed E-state index contributed by atoms with van der Waals surface area (Å²) < 4.78 is 221. The van der Waals surface area contributed by atoms with Crippen molar-refractivity contribution in [2.24, 2.45) is 0 Å².